The Morgan fingerprint density at radius 2 is 1.75 bits per heavy atom. The molecule has 16 heavy (non-hydrogen) atoms. The van der Waals surface area contributed by atoms with Crippen molar-refractivity contribution < 1.29 is 32.1 Å². The molecular formula is C8H14FO6P. The van der Waals surface area contributed by atoms with E-state index in [1.807, 2.05) is 0 Å². The summed E-state index contributed by atoms with van der Waals surface area (Å²) >= 11 is 0. The van der Waals surface area contributed by atoms with Crippen molar-refractivity contribution in [1.29, 1.82) is 0 Å². The van der Waals surface area contributed by atoms with Crippen LogP contribution in [-0.4, -0.2) is 26.0 Å². The zero-order chi connectivity index (χ0) is 12.6. The molecule has 0 aliphatic heterocycles. The van der Waals surface area contributed by atoms with Gasteiger partial charge >= 0.3 is 13.8 Å². The van der Waals surface area contributed by atoms with Crippen LogP contribution in [0.4, 0.5) is 4.39 Å². The van der Waals surface area contributed by atoms with Gasteiger partial charge in [0.15, 0.2) is 0 Å². The highest BCUT2D eigenvalue weighted by molar-refractivity contribution is 7.48. The van der Waals surface area contributed by atoms with Crippen molar-refractivity contribution in [3.8, 4) is 0 Å². The Morgan fingerprint density at radius 1 is 1.25 bits per heavy atom. The molecule has 0 fully saturated rings. The van der Waals surface area contributed by atoms with Gasteiger partial charge in [-0.3, -0.25) is 9.05 Å². The molecule has 0 aliphatic carbocycles. The van der Waals surface area contributed by atoms with E-state index < -0.39 is 26.4 Å². The molecule has 0 amide bonds. The topological polar surface area (TPSA) is 71.1 Å². The minimum atomic E-state index is -3.74. The number of halogens is 1. The summed E-state index contributed by atoms with van der Waals surface area (Å²) in [7, 11) is -3.74. The molecule has 6 nitrogen and oxygen atoms in total. The maximum Gasteiger partial charge on any atom is 0.477 e. The smallest absolute Gasteiger partial charge is 0.433 e. The van der Waals surface area contributed by atoms with Crippen LogP contribution in [0.1, 0.15) is 13.8 Å². The van der Waals surface area contributed by atoms with E-state index in [2.05, 4.69) is 15.8 Å². The highest BCUT2D eigenvalue weighted by Crippen LogP contribution is 2.49. The molecule has 0 unspecified atom stereocenters. The van der Waals surface area contributed by atoms with Gasteiger partial charge < -0.3 is 4.74 Å². The standard InChI is InChI=1S/C8H14FO6P/c1-4-13-16(11,14-5-2)15-6-12-8(10)7(3)9/h3-6H2,1-2H3. The van der Waals surface area contributed by atoms with E-state index in [0.717, 1.165) is 0 Å². The van der Waals surface area contributed by atoms with Crippen LogP contribution in [0.5, 0.6) is 0 Å². The maximum absolute atomic E-state index is 12.2. The second kappa shape index (κ2) is 7.51. The first-order chi connectivity index (χ1) is 7.45. The molecule has 0 heterocycles. The molecule has 0 aromatic carbocycles. The fourth-order valence-corrected chi connectivity index (χ4v) is 1.69. The average molecular weight is 256 g/mol. The Morgan fingerprint density at radius 3 is 2.12 bits per heavy atom. The third kappa shape index (κ3) is 5.97. The van der Waals surface area contributed by atoms with Gasteiger partial charge in [0, 0.05) is 0 Å². The summed E-state index contributed by atoms with van der Waals surface area (Å²) in [6.07, 6.45) is 0. The molecule has 0 aromatic rings. The van der Waals surface area contributed by atoms with E-state index in [-0.39, 0.29) is 13.2 Å². The summed E-state index contributed by atoms with van der Waals surface area (Å²) < 4.78 is 42.0. The van der Waals surface area contributed by atoms with Crippen LogP contribution in [0, 0.1) is 0 Å². The van der Waals surface area contributed by atoms with E-state index in [0.29, 0.717) is 0 Å². The number of rotatable bonds is 8. The molecule has 0 N–H and O–H groups in total. The Hall–Kier alpha value is -0.750. The lowest BCUT2D eigenvalue weighted by Gasteiger charge is -2.15. The summed E-state index contributed by atoms with van der Waals surface area (Å²) in [6, 6.07) is 0. The maximum atomic E-state index is 12.2. The summed E-state index contributed by atoms with van der Waals surface area (Å²) in [5.41, 5.74) is 0. The van der Waals surface area contributed by atoms with E-state index in [1.54, 1.807) is 13.8 Å². The Balaban J connectivity index is 4.08. The van der Waals surface area contributed by atoms with Gasteiger partial charge in [-0.25, -0.2) is 13.9 Å². The number of phosphoric acid groups is 1. The lowest BCUT2D eigenvalue weighted by Crippen LogP contribution is -2.09. The van der Waals surface area contributed by atoms with E-state index in [4.69, 9.17) is 9.05 Å². The molecule has 0 atom stereocenters. The first-order valence-electron chi connectivity index (χ1n) is 4.50. The molecule has 0 saturated carbocycles. The summed E-state index contributed by atoms with van der Waals surface area (Å²) in [4.78, 5) is 10.6. The van der Waals surface area contributed by atoms with Crippen molar-refractivity contribution >= 4 is 13.8 Å². The number of esters is 1. The van der Waals surface area contributed by atoms with Crippen LogP contribution in [0.15, 0.2) is 12.4 Å². The van der Waals surface area contributed by atoms with Crippen molar-refractivity contribution in [3.63, 3.8) is 0 Å². The normalized spacial score (nSPS) is 11.2. The first-order valence-corrected chi connectivity index (χ1v) is 5.96. The Labute approximate surface area is 92.9 Å². The number of ether oxygens (including phenoxy) is 1. The molecule has 0 bridgehead atoms. The van der Waals surface area contributed by atoms with Crippen LogP contribution in [-0.2, 0) is 27.7 Å². The molecule has 0 aromatic heterocycles. The van der Waals surface area contributed by atoms with Crippen LogP contribution < -0.4 is 0 Å². The van der Waals surface area contributed by atoms with E-state index in [9.17, 15) is 13.8 Å². The zero-order valence-corrected chi connectivity index (χ0v) is 10.00. The third-order valence-corrected chi connectivity index (χ3v) is 2.77. The fraction of sp³-hybridized carbons (Fsp3) is 0.625. The van der Waals surface area contributed by atoms with Crippen molar-refractivity contribution in [2.24, 2.45) is 0 Å². The predicted octanol–water partition coefficient (Wildman–Crippen LogP) is 2.17. The highest BCUT2D eigenvalue weighted by Gasteiger charge is 2.26. The van der Waals surface area contributed by atoms with E-state index in [1.165, 1.54) is 0 Å². The second-order valence-corrected chi connectivity index (χ2v) is 4.04. The molecule has 0 saturated heterocycles. The number of carbonyl (C=O) groups excluding carboxylic acids is 1. The molecular weight excluding hydrogens is 242 g/mol. The summed E-state index contributed by atoms with van der Waals surface area (Å²) in [6.45, 7) is 5.35. The minimum absolute atomic E-state index is 0.0983. The monoisotopic (exact) mass is 256 g/mol. The second-order valence-electron chi connectivity index (χ2n) is 2.37. The largest absolute Gasteiger partial charge is 0.477 e. The fourth-order valence-electron chi connectivity index (χ4n) is 0.651. The van der Waals surface area contributed by atoms with Gasteiger partial charge in [0.25, 0.3) is 0 Å². The number of hydrogen-bond acceptors (Lipinski definition) is 6. The molecule has 0 radical (unpaired) electrons. The van der Waals surface area contributed by atoms with Gasteiger partial charge in [-0.15, -0.1) is 0 Å². The number of hydrogen-bond donors (Lipinski definition) is 0. The number of carbonyl (C=O) groups is 1. The van der Waals surface area contributed by atoms with Crippen LogP contribution in [0.25, 0.3) is 0 Å². The molecule has 0 rings (SSSR count). The zero-order valence-electron chi connectivity index (χ0n) is 9.10. The Kier molecular flexibility index (Phi) is 7.16. The van der Waals surface area contributed by atoms with Crippen LogP contribution >= 0.6 is 7.82 Å². The van der Waals surface area contributed by atoms with Gasteiger partial charge in [0.2, 0.25) is 12.6 Å². The molecule has 0 aliphatic rings. The van der Waals surface area contributed by atoms with Gasteiger partial charge in [0.1, 0.15) is 0 Å². The Bertz CT molecular complexity index is 282. The quantitative estimate of drug-likeness (QED) is 0.287. The summed E-state index contributed by atoms with van der Waals surface area (Å²) in [5, 5.41) is 0. The van der Waals surface area contributed by atoms with Crippen molar-refractivity contribution in [1.82, 2.24) is 0 Å². The average Bonchev–Trinajstić information content (AvgIpc) is 2.17. The lowest BCUT2D eigenvalue weighted by atomic mass is 10.6. The highest BCUT2D eigenvalue weighted by atomic mass is 31.2. The minimum Gasteiger partial charge on any atom is -0.433 e. The lowest BCUT2D eigenvalue weighted by molar-refractivity contribution is -0.148. The first kappa shape index (κ1) is 15.2. The van der Waals surface area contributed by atoms with E-state index >= 15 is 0 Å². The van der Waals surface area contributed by atoms with Crippen molar-refractivity contribution in [2.45, 2.75) is 13.8 Å². The van der Waals surface area contributed by atoms with Crippen LogP contribution in [0.3, 0.4) is 0 Å². The van der Waals surface area contributed by atoms with Gasteiger partial charge in [0.05, 0.1) is 13.2 Å². The van der Waals surface area contributed by atoms with Crippen molar-refractivity contribution in [3.05, 3.63) is 12.4 Å². The molecule has 0 spiro atoms. The third-order valence-electron chi connectivity index (χ3n) is 1.20. The van der Waals surface area contributed by atoms with Gasteiger partial charge in [-0.05, 0) is 13.8 Å². The van der Waals surface area contributed by atoms with Gasteiger partial charge in [-0.1, -0.05) is 6.58 Å². The van der Waals surface area contributed by atoms with Crippen molar-refractivity contribution in [2.75, 3.05) is 20.0 Å². The molecule has 94 valence electrons. The number of phosphoric ester groups is 1. The predicted molar refractivity (Wildman–Crippen MR) is 53.2 cm³/mol. The van der Waals surface area contributed by atoms with Crippen LogP contribution in [0.2, 0.25) is 0 Å². The molecule has 8 heteroatoms. The SMILES string of the molecule is C=C(F)C(=O)OCOP(=O)(OCC)OCC. The van der Waals surface area contributed by atoms with Gasteiger partial charge in [-0.2, -0.15) is 4.39 Å². The summed E-state index contributed by atoms with van der Waals surface area (Å²) in [5.74, 6) is -2.56.